The predicted octanol–water partition coefficient (Wildman–Crippen LogP) is 3.70. The number of benzene rings is 1. The Morgan fingerprint density at radius 2 is 1.82 bits per heavy atom. The molecule has 0 radical (unpaired) electrons. The van der Waals surface area contributed by atoms with Gasteiger partial charge in [0, 0.05) is 6.04 Å². The molecule has 0 saturated heterocycles. The second-order valence-corrected chi connectivity index (χ2v) is 4.57. The number of hydrogen-bond donors (Lipinski definition) is 1. The molecular weight excluding hydrogens is 234 g/mol. The maximum atomic E-state index is 6.28. The monoisotopic (exact) mass is 255 g/mol. The van der Waals surface area contributed by atoms with Crippen molar-refractivity contribution >= 4 is 12.4 Å². The smallest absolute Gasteiger partial charge is 0.119 e. The van der Waals surface area contributed by atoms with Crippen LogP contribution in [0, 0.1) is 5.92 Å². The van der Waals surface area contributed by atoms with Crippen LogP contribution < -0.4 is 10.5 Å². The van der Waals surface area contributed by atoms with Crippen molar-refractivity contribution in [3.05, 3.63) is 29.8 Å². The lowest BCUT2D eigenvalue weighted by Crippen LogP contribution is -2.18. The molecule has 0 unspecified atom stereocenters. The van der Waals surface area contributed by atoms with E-state index < -0.39 is 0 Å². The van der Waals surface area contributed by atoms with E-state index in [4.69, 9.17) is 10.5 Å². The molecule has 2 rings (SSSR count). The molecule has 1 aliphatic rings. The van der Waals surface area contributed by atoms with Gasteiger partial charge in [-0.3, -0.25) is 0 Å². The van der Waals surface area contributed by atoms with Crippen LogP contribution in [0.1, 0.15) is 44.2 Å². The average Bonchev–Trinajstić information content (AvgIpc) is 2.83. The van der Waals surface area contributed by atoms with Gasteiger partial charge in [-0.25, -0.2) is 0 Å². The zero-order valence-corrected chi connectivity index (χ0v) is 11.2. The second kappa shape index (κ2) is 6.87. The summed E-state index contributed by atoms with van der Waals surface area (Å²) in [6, 6.07) is 8.46. The minimum absolute atomic E-state index is 0. The molecule has 1 fully saturated rings. The van der Waals surface area contributed by atoms with Crippen LogP contribution in [0.15, 0.2) is 24.3 Å². The Balaban J connectivity index is 0.00000144. The molecule has 1 aromatic carbocycles. The molecule has 3 heteroatoms. The number of hydrogen-bond acceptors (Lipinski definition) is 2. The summed E-state index contributed by atoms with van der Waals surface area (Å²) in [5.41, 5.74) is 7.53. The standard InChI is InChI=1S/C14H21NO.ClH/c1-2-16-13-9-7-12(8-10-13)14(15)11-5-3-4-6-11;/h7-11,14H,2-6,15H2,1H3;1H/t14-;/m0./s1. The van der Waals surface area contributed by atoms with Gasteiger partial charge in [-0.2, -0.15) is 0 Å². The van der Waals surface area contributed by atoms with Crippen molar-refractivity contribution in [2.75, 3.05) is 6.61 Å². The summed E-state index contributed by atoms with van der Waals surface area (Å²) in [6.45, 7) is 2.71. The summed E-state index contributed by atoms with van der Waals surface area (Å²) in [6.07, 6.45) is 5.26. The van der Waals surface area contributed by atoms with Gasteiger partial charge in [-0.05, 0) is 43.4 Å². The van der Waals surface area contributed by atoms with Gasteiger partial charge in [0.1, 0.15) is 5.75 Å². The molecule has 2 nitrogen and oxygen atoms in total. The molecule has 0 bridgehead atoms. The van der Waals surface area contributed by atoms with Gasteiger partial charge in [0.25, 0.3) is 0 Å². The first-order valence-electron chi connectivity index (χ1n) is 6.29. The number of ether oxygens (including phenoxy) is 1. The van der Waals surface area contributed by atoms with E-state index in [2.05, 4.69) is 12.1 Å². The molecule has 1 saturated carbocycles. The topological polar surface area (TPSA) is 35.2 Å². The first kappa shape index (κ1) is 14.3. The number of nitrogens with two attached hydrogens (primary N) is 1. The zero-order valence-electron chi connectivity index (χ0n) is 10.4. The van der Waals surface area contributed by atoms with E-state index in [-0.39, 0.29) is 18.4 Å². The fourth-order valence-corrected chi connectivity index (χ4v) is 2.54. The third-order valence-corrected chi connectivity index (χ3v) is 3.48. The van der Waals surface area contributed by atoms with Gasteiger partial charge in [0.05, 0.1) is 6.61 Å². The van der Waals surface area contributed by atoms with E-state index in [1.165, 1.54) is 31.2 Å². The summed E-state index contributed by atoms with van der Waals surface area (Å²) >= 11 is 0. The highest BCUT2D eigenvalue weighted by atomic mass is 35.5. The Bertz CT molecular complexity index is 319. The maximum absolute atomic E-state index is 6.28. The molecule has 17 heavy (non-hydrogen) atoms. The lowest BCUT2D eigenvalue weighted by Gasteiger charge is -2.19. The van der Waals surface area contributed by atoms with Crippen molar-refractivity contribution < 1.29 is 4.74 Å². The van der Waals surface area contributed by atoms with Crippen LogP contribution in [-0.2, 0) is 0 Å². The van der Waals surface area contributed by atoms with Crippen LogP contribution in [-0.4, -0.2) is 6.61 Å². The van der Waals surface area contributed by atoms with Crippen LogP contribution in [0.2, 0.25) is 0 Å². The molecular formula is C14H22ClNO. The molecule has 0 spiro atoms. The van der Waals surface area contributed by atoms with Crippen molar-refractivity contribution in [1.29, 1.82) is 0 Å². The lowest BCUT2D eigenvalue weighted by molar-refractivity contribution is 0.340. The van der Waals surface area contributed by atoms with Crippen LogP contribution in [0.4, 0.5) is 0 Å². The second-order valence-electron chi connectivity index (χ2n) is 4.57. The normalized spacial score (nSPS) is 17.5. The van der Waals surface area contributed by atoms with Crippen LogP contribution in [0.5, 0.6) is 5.75 Å². The first-order valence-corrected chi connectivity index (χ1v) is 6.29. The van der Waals surface area contributed by atoms with E-state index in [1.54, 1.807) is 0 Å². The fourth-order valence-electron chi connectivity index (χ4n) is 2.54. The van der Waals surface area contributed by atoms with Crippen molar-refractivity contribution in [1.82, 2.24) is 0 Å². The molecule has 0 aliphatic heterocycles. The van der Waals surface area contributed by atoms with Gasteiger partial charge in [-0.15, -0.1) is 12.4 Å². The Morgan fingerprint density at radius 1 is 1.24 bits per heavy atom. The van der Waals surface area contributed by atoms with E-state index >= 15 is 0 Å². The van der Waals surface area contributed by atoms with Gasteiger partial charge < -0.3 is 10.5 Å². The Hall–Kier alpha value is -0.730. The van der Waals surface area contributed by atoms with E-state index in [1.807, 2.05) is 19.1 Å². The molecule has 96 valence electrons. The summed E-state index contributed by atoms with van der Waals surface area (Å²) in [5, 5.41) is 0. The highest BCUT2D eigenvalue weighted by molar-refractivity contribution is 5.85. The Labute approximate surface area is 110 Å². The third-order valence-electron chi connectivity index (χ3n) is 3.48. The zero-order chi connectivity index (χ0) is 11.4. The highest BCUT2D eigenvalue weighted by Crippen LogP contribution is 2.34. The van der Waals surface area contributed by atoms with Crippen molar-refractivity contribution in [2.45, 2.75) is 38.6 Å². The largest absolute Gasteiger partial charge is 0.494 e. The van der Waals surface area contributed by atoms with Gasteiger partial charge in [-0.1, -0.05) is 25.0 Å². The lowest BCUT2D eigenvalue weighted by atomic mass is 9.92. The number of rotatable bonds is 4. The van der Waals surface area contributed by atoms with E-state index in [0.717, 1.165) is 5.75 Å². The molecule has 0 aromatic heterocycles. The van der Waals surface area contributed by atoms with E-state index in [9.17, 15) is 0 Å². The molecule has 0 amide bonds. The maximum Gasteiger partial charge on any atom is 0.119 e. The molecule has 1 atom stereocenters. The summed E-state index contributed by atoms with van der Waals surface area (Å²) < 4.78 is 5.43. The quantitative estimate of drug-likeness (QED) is 0.891. The molecule has 2 N–H and O–H groups in total. The highest BCUT2D eigenvalue weighted by Gasteiger charge is 2.22. The molecule has 1 aromatic rings. The van der Waals surface area contributed by atoms with Crippen molar-refractivity contribution in [2.24, 2.45) is 11.7 Å². The SMILES string of the molecule is CCOc1ccc([C@@H](N)C2CCCC2)cc1.Cl. The van der Waals surface area contributed by atoms with Gasteiger partial charge in [0.15, 0.2) is 0 Å². The summed E-state index contributed by atoms with van der Waals surface area (Å²) in [5.74, 6) is 1.61. The van der Waals surface area contributed by atoms with Crippen molar-refractivity contribution in [3.63, 3.8) is 0 Å². The first-order chi connectivity index (χ1) is 7.81. The van der Waals surface area contributed by atoms with Gasteiger partial charge >= 0.3 is 0 Å². The average molecular weight is 256 g/mol. The Morgan fingerprint density at radius 3 is 2.35 bits per heavy atom. The Kier molecular flexibility index (Phi) is 5.79. The predicted molar refractivity (Wildman–Crippen MR) is 73.7 cm³/mol. The van der Waals surface area contributed by atoms with Gasteiger partial charge in [0.2, 0.25) is 0 Å². The number of halogens is 1. The minimum atomic E-state index is 0. The van der Waals surface area contributed by atoms with Crippen LogP contribution in [0.3, 0.4) is 0 Å². The molecule has 1 aliphatic carbocycles. The summed E-state index contributed by atoms with van der Waals surface area (Å²) in [4.78, 5) is 0. The minimum Gasteiger partial charge on any atom is -0.494 e. The third kappa shape index (κ3) is 3.62. The fraction of sp³-hybridized carbons (Fsp3) is 0.571. The summed E-state index contributed by atoms with van der Waals surface area (Å²) in [7, 11) is 0. The van der Waals surface area contributed by atoms with Crippen LogP contribution in [0.25, 0.3) is 0 Å². The van der Waals surface area contributed by atoms with Crippen molar-refractivity contribution in [3.8, 4) is 5.75 Å². The molecule has 0 heterocycles. The van der Waals surface area contributed by atoms with Crippen LogP contribution >= 0.6 is 12.4 Å². The van der Waals surface area contributed by atoms with E-state index in [0.29, 0.717) is 12.5 Å².